The molecule has 1 aromatic rings. The maximum absolute atomic E-state index is 12.0. The van der Waals surface area contributed by atoms with Gasteiger partial charge in [-0.15, -0.1) is 0 Å². The van der Waals surface area contributed by atoms with Crippen LogP contribution in [0.15, 0.2) is 24.3 Å². The molecule has 0 spiro atoms. The molecule has 3 rings (SSSR count). The van der Waals surface area contributed by atoms with Gasteiger partial charge in [0.2, 0.25) is 0 Å². The van der Waals surface area contributed by atoms with Crippen molar-refractivity contribution in [2.24, 2.45) is 11.8 Å². The smallest absolute Gasteiger partial charge is 0.338 e. The van der Waals surface area contributed by atoms with Crippen molar-refractivity contribution in [1.82, 2.24) is 0 Å². The van der Waals surface area contributed by atoms with Crippen molar-refractivity contribution in [1.29, 1.82) is 0 Å². The normalized spacial score (nSPS) is 29.1. The second kappa shape index (κ2) is 6.37. The molecule has 21 heavy (non-hydrogen) atoms. The van der Waals surface area contributed by atoms with Gasteiger partial charge >= 0.3 is 5.97 Å². The van der Waals surface area contributed by atoms with Gasteiger partial charge < -0.3 is 9.47 Å². The fraction of sp³-hybridized carbons (Fsp3) is 0.588. The van der Waals surface area contributed by atoms with Gasteiger partial charge in [-0.1, -0.05) is 48.6 Å². The summed E-state index contributed by atoms with van der Waals surface area (Å²) in [6.07, 6.45) is 4.62. The van der Waals surface area contributed by atoms with Crippen LogP contribution in [0.5, 0.6) is 0 Å². The van der Waals surface area contributed by atoms with Gasteiger partial charge in [0, 0.05) is 0 Å². The van der Waals surface area contributed by atoms with Crippen molar-refractivity contribution >= 4 is 17.6 Å². The maximum atomic E-state index is 12.0. The third kappa shape index (κ3) is 3.41. The average Bonchev–Trinajstić information content (AvgIpc) is 2.76. The van der Waals surface area contributed by atoms with Gasteiger partial charge in [-0.3, -0.25) is 0 Å². The lowest BCUT2D eigenvalue weighted by Gasteiger charge is -2.33. The average molecular weight is 309 g/mol. The third-order valence-corrected chi connectivity index (χ3v) is 4.96. The quantitative estimate of drug-likeness (QED) is 0.624. The number of esters is 1. The van der Waals surface area contributed by atoms with Crippen LogP contribution in [0.25, 0.3) is 0 Å². The predicted molar refractivity (Wildman–Crippen MR) is 81.4 cm³/mol. The van der Waals surface area contributed by atoms with Crippen LogP contribution in [-0.4, -0.2) is 24.2 Å². The van der Waals surface area contributed by atoms with E-state index in [1.807, 2.05) is 19.1 Å². The molecule has 0 radical (unpaired) electrons. The number of alkyl halides is 1. The zero-order chi connectivity index (χ0) is 14.8. The van der Waals surface area contributed by atoms with E-state index in [1.165, 1.54) is 19.3 Å². The van der Waals surface area contributed by atoms with Gasteiger partial charge in [-0.25, -0.2) is 4.79 Å². The monoisotopic (exact) mass is 308 g/mol. The minimum atomic E-state index is -0.288. The van der Waals surface area contributed by atoms with Crippen LogP contribution >= 0.6 is 11.6 Å². The zero-order valence-corrected chi connectivity index (χ0v) is 13.0. The van der Waals surface area contributed by atoms with Crippen molar-refractivity contribution in [3.63, 3.8) is 0 Å². The Morgan fingerprint density at radius 1 is 1.33 bits per heavy atom. The molecule has 0 aromatic heterocycles. The molecule has 1 heterocycles. The Kier molecular flexibility index (Phi) is 4.51. The van der Waals surface area contributed by atoms with Crippen molar-refractivity contribution in [3.05, 3.63) is 35.4 Å². The summed E-state index contributed by atoms with van der Waals surface area (Å²) >= 11 is 6.11. The van der Waals surface area contributed by atoms with Crippen LogP contribution in [0.4, 0.5) is 0 Å². The van der Waals surface area contributed by atoms with Gasteiger partial charge in [0.25, 0.3) is 0 Å². The first-order valence-corrected chi connectivity index (χ1v) is 8.10. The highest BCUT2D eigenvalue weighted by atomic mass is 35.5. The second-order valence-corrected chi connectivity index (χ2v) is 6.63. The highest BCUT2D eigenvalue weighted by Gasteiger charge is 2.41. The molecule has 2 fully saturated rings. The SMILES string of the molecule is Cc1ccc(C(=O)OCC2O[C@H](Cl)C[C@H]2C2CCC2)cc1. The Balaban J connectivity index is 1.56. The van der Waals surface area contributed by atoms with Crippen LogP contribution in [0.3, 0.4) is 0 Å². The lowest BCUT2D eigenvalue weighted by Crippen LogP contribution is -2.32. The van der Waals surface area contributed by atoms with E-state index in [-0.39, 0.29) is 17.6 Å². The second-order valence-electron chi connectivity index (χ2n) is 6.14. The molecule has 1 aliphatic heterocycles. The van der Waals surface area contributed by atoms with Crippen LogP contribution in [-0.2, 0) is 9.47 Å². The van der Waals surface area contributed by atoms with Gasteiger partial charge in [-0.05, 0) is 37.3 Å². The van der Waals surface area contributed by atoms with E-state index < -0.39 is 0 Å². The Labute approximate surface area is 130 Å². The molecule has 1 saturated carbocycles. The number of aryl methyl sites for hydroxylation is 1. The molecule has 4 heteroatoms. The number of carbonyl (C=O) groups excluding carboxylic acids is 1. The van der Waals surface area contributed by atoms with Crippen LogP contribution in [0.1, 0.15) is 41.6 Å². The zero-order valence-electron chi connectivity index (χ0n) is 12.3. The molecule has 0 bridgehead atoms. The van der Waals surface area contributed by atoms with Crippen LogP contribution in [0.2, 0.25) is 0 Å². The molecule has 3 nitrogen and oxygen atoms in total. The topological polar surface area (TPSA) is 35.5 Å². The maximum Gasteiger partial charge on any atom is 0.338 e. The van der Waals surface area contributed by atoms with Gasteiger partial charge in [0.05, 0.1) is 11.7 Å². The molecular weight excluding hydrogens is 288 g/mol. The van der Waals surface area contributed by atoms with Crippen LogP contribution < -0.4 is 0 Å². The molecule has 114 valence electrons. The predicted octanol–water partition coefficient (Wildman–Crippen LogP) is 3.92. The van der Waals surface area contributed by atoms with Crippen molar-refractivity contribution in [2.45, 2.75) is 44.3 Å². The van der Waals surface area contributed by atoms with Crippen molar-refractivity contribution in [2.75, 3.05) is 6.61 Å². The molecule has 1 unspecified atom stereocenters. The summed E-state index contributed by atoms with van der Waals surface area (Å²) in [7, 11) is 0. The largest absolute Gasteiger partial charge is 0.459 e. The Bertz CT molecular complexity index is 495. The van der Waals surface area contributed by atoms with Crippen molar-refractivity contribution in [3.8, 4) is 0 Å². The van der Waals surface area contributed by atoms with Crippen LogP contribution in [0, 0.1) is 18.8 Å². The number of ether oxygens (including phenoxy) is 2. The molecular formula is C17H21ClO3. The van der Waals surface area contributed by atoms with E-state index in [0.29, 0.717) is 24.0 Å². The highest BCUT2D eigenvalue weighted by Crippen LogP contribution is 2.43. The first-order chi connectivity index (χ1) is 10.1. The fourth-order valence-electron chi connectivity index (χ4n) is 3.17. The van der Waals surface area contributed by atoms with E-state index in [9.17, 15) is 4.79 Å². The standard InChI is InChI=1S/C17H21ClO3/c1-11-5-7-13(8-6-11)17(19)20-10-15-14(9-16(18)21-15)12-3-2-4-12/h5-8,12,14-16H,2-4,9-10H2,1H3/t14-,15?,16-/m0/s1. The summed E-state index contributed by atoms with van der Waals surface area (Å²) in [5.74, 6) is 0.841. The summed E-state index contributed by atoms with van der Waals surface area (Å²) < 4.78 is 11.2. The lowest BCUT2D eigenvalue weighted by molar-refractivity contribution is -0.0131. The summed E-state index contributed by atoms with van der Waals surface area (Å²) in [5.41, 5.74) is 1.47. The molecule has 0 N–H and O–H groups in total. The molecule has 2 aliphatic rings. The summed E-state index contributed by atoms with van der Waals surface area (Å²) in [6.45, 7) is 2.29. The van der Waals surface area contributed by atoms with E-state index in [1.54, 1.807) is 12.1 Å². The van der Waals surface area contributed by atoms with E-state index in [0.717, 1.165) is 12.0 Å². The Hall–Kier alpha value is -1.06. The minimum Gasteiger partial charge on any atom is -0.459 e. The fourth-order valence-corrected chi connectivity index (χ4v) is 3.51. The number of rotatable bonds is 4. The highest BCUT2D eigenvalue weighted by molar-refractivity contribution is 6.19. The first-order valence-electron chi connectivity index (χ1n) is 7.67. The van der Waals surface area contributed by atoms with Crippen molar-refractivity contribution < 1.29 is 14.3 Å². The number of carbonyl (C=O) groups is 1. The minimum absolute atomic E-state index is 0.0489. The Morgan fingerprint density at radius 2 is 2.05 bits per heavy atom. The van der Waals surface area contributed by atoms with E-state index in [4.69, 9.17) is 21.1 Å². The van der Waals surface area contributed by atoms with E-state index >= 15 is 0 Å². The lowest BCUT2D eigenvalue weighted by atomic mass is 9.73. The Morgan fingerprint density at radius 3 is 2.67 bits per heavy atom. The number of hydrogen-bond donors (Lipinski definition) is 0. The molecule has 0 amide bonds. The summed E-state index contributed by atoms with van der Waals surface area (Å²) in [5, 5.41) is 0. The number of hydrogen-bond acceptors (Lipinski definition) is 3. The van der Waals surface area contributed by atoms with Gasteiger partial charge in [-0.2, -0.15) is 0 Å². The van der Waals surface area contributed by atoms with Gasteiger partial charge in [0.1, 0.15) is 12.2 Å². The molecule has 1 saturated heterocycles. The molecule has 1 aliphatic carbocycles. The summed E-state index contributed by atoms with van der Waals surface area (Å²) in [4.78, 5) is 12.0. The van der Waals surface area contributed by atoms with E-state index in [2.05, 4.69) is 0 Å². The van der Waals surface area contributed by atoms with Gasteiger partial charge in [0.15, 0.2) is 0 Å². The first kappa shape index (κ1) is 14.9. The summed E-state index contributed by atoms with van der Waals surface area (Å²) in [6, 6.07) is 7.41. The number of halogens is 1. The number of benzene rings is 1. The third-order valence-electron chi connectivity index (χ3n) is 4.68. The molecule has 3 atom stereocenters. The molecule has 1 aromatic carbocycles.